The molecule has 1 rings (SSSR count). The fraction of sp³-hybridized carbons (Fsp3) is 0.417. The second-order valence-electron chi connectivity index (χ2n) is 4.89. The second kappa shape index (κ2) is 7.04. The smallest absolute Gasteiger partial charge is 0.404 e. The SMILES string of the molecule is CC(NC(=O)Nc1ccc(Br)cc1OC(F)(F)F)(C(F)(F)F)C(F)(F)F. The van der Waals surface area contributed by atoms with Gasteiger partial charge in [0.2, 0.25) is 5.54 Å². The average molecular weight is 463 g/mol. The number of ether oxygens (including phenoxy) is 1. The summed E-state index contributed by atoms with van der Waals surface area (Å²) in [6.07, 6.45) is -17.1. The Morgan fingerprint density at radius 2 is 1.50 bits per heavy atom. The highest BCUT2D eigenvalue weighted by Gasteiger charge is 2.68. The van der Waals surface area contributed by atoms with Gasteiger partial charge in [-0.3, -0.25) is 0 Å². The molecular weight excluding hydrogens is 455 g/mol. The molecule has 0 atom stereocenters. The van der Waals surface area contributed by atoms with Crippen LogP contribution in [0.4, 0.5) is 50.0 Å². The van der Waals surface area contributed by atoms with Crippen LogP contribution in [0.2, 0.25) is 0 Å². The Labute approximate surface area is 147 Å². The molecule has 0 aliphatic carbocycles. The van der Waals surface area contributed by atoms with E-state index in [1.807, 2.05) is 0 Å². The van der Waals surface area contributed by atoms with Gasteiger partial charge in [-0.15, -0.1) is 13.2 Å². The first-order valence-electron chi connectivity index (χ1n) is 6.24. The standard InChI is InChI=1S/C12H8BrF9N2O2/c1-9(10(14,15)16,11(17,18)19)24-8(25)23-6-3-2-5(13)4-7(6)26-12(20,21)22/h2-4H,1H3,(H2,23,24,25). The molecule has 1 aromatic carbocycles. The molecule has 26 heavy (non-hydrogen) atoms. The monoisotopic (exact) mass is 462 g/mol. The summed E-state index contributed by atoms with van der Waals surface area (Å²) in [6.45, 7) is -0.332. The Morgan fingerprint density at radius 1 is 1.00 bits per heavy atom. The number of carbonyl (C=O) groups excluding carboxylic acids is 1. The molecule has 0 aromatic heterocycles. The van der Waals surface area contributed by atoms with Crippen LogP contribution >= 0.6 is 15.9 Å². The lowest BCUT2D eigenvalue weighted by molar-refractivity contribution is -0.297. The minimum atomic E-state index is -5.92. The normalized spacial score (nSPS) is 13.3. The van der Waals surface area contributed by atoms with E-state index in [1.165, 1.54) is 5.32 Å². The molecule has 0 saturated carbocycles. The maximum atomic E-state index is 12.7. The summed E-state index contributed by atoms with van der Waals surface area (Å²) in [6, 6.07) is 0.515. The minimum absolute atomic E-state index is 0.0399. The topological polar surface area (TPSA) is 50.4 Å². The van der Waals surface area contributed by atoms with Crippen molar-refractivity contribution in [3.05, 3.63) is 22.7 Å². The summed E-state index contributed by atoms with van der Waals surface area (Å²) in [4.78, 5) is 11.6. The third-order valence-corrected chi connectivity index (χ3v) is 3.41. The van der Waals surface area contributed by atoms with Gasteiger partial charge in [-0.25, -0.2) is 4.79 Å². The van der Waals surface area contributed by atoms with Crippen molar-refractivity contribution in [3.63, 3.8) is 0 Å². The van der Waals surface area contributed by atoms with Crippen molar-refractivity contribution < 1.29 is 49.0 Å². The lowest BCUT2D eigenvalue weighted by atomic mass is 10.0. The third kappa shape index (κ3) is 5.32. The Hall–Kier alpha value is -1.86. The number of rotatable bonds is 3. The van der Waals surface area contributed by atoms with Crippen molar-refractivity contribution in [2.45, 2.75) is 31.2 Å². The summed E-state index contributed by atoms with van der Waals surface area (Å²) in [5.41, 5.74) is -5.44. The minimum Gasteiger partial charge on any atom is -0.404 e. The van der Waals surface area contributed by atoms with Crippen LogP contribution in [-0.4, -0.2) is 30.3 Å². The Kier molecular flexibility index (Phi) is 6.01. The molecule has 4 nitrogen and oxygen atoms in total. The first kappa shape index (κ1) is 22.2. The molecule has 0 unspecified atom stereocenters. The number of nitrogens with one attached hydrogen (secondary N) is 2. The largest absolute Gasteiger partial charge is 0.573 e. The quantitative estimate of drug-likeness (QED) is 0.594. The van der Waals surface area contributed by atoms with Crippen LogP contribution in [0.1, 0.15) is 6.92 Å². The number of halogens is 10. The number of hydrogen-bond donors (Lipinski definition) is 2. The number of amides is 2. The fourth-order valence-electron chi connectivity index (χ4n) is 1.49. The number of urea groups is 1. The van der Waals surface area contributed by atoms with Gasteiger partial charge in [0.05, 0.1) is 5.69 Å². The Morgan fingerprint density at radius 3 is 1.92 bits per heavy atom. The van der Waals surface area contributed by atoms with Gasteiger partial charge in [-0.05, 0) is 25.1 Å². The fourth-order valence-corrected chi connectivity index (χ4v) is 1.83. The Balaban J connectivity index is 3.11. The van der Waals surface area contributed by atoms with Gasteiger partial charge in [-0.2, -0.15) is 26.3 Å². The zero-order valence-corrected chi connectivity index (χ0v) is 13.9. The van der Waals surface area contributed by atoms with E-state index < -0.39 is 41.7 Å². The van der Waals surface area contributed by atoms with Gasteiger partial charge in [0.1, 0.15) is 0 Å². The number of carbonyl (C=O) groups is 1. The number of alkyl halides is 9. The van der Waals surface area contributed by atoms with Crippen LogP contribution in [0.25, 0.3) is 0 Å². The lowest BCUT2D eigenvalue weighted by Gasteiger charge is -2.34. The van der Waals surface area contributed by atoms with Crippen molar-refractivity contribution in [2.24, 2.45) is 0 Å². The van der Waals surface area contributed by atoms with E-state index in [0.717, 1.165) is 12.1 Å². The van der Waals surface area contributed by atoms with Gasteiger partial charge >= 0.3 is 24.7 Å². The van der Waals surface area contributed by atoms with E-state index in [9.17, 15) is 44.3 Å². The molecule has 0 radical (unpaired) electrons. The van der Waals surface area contributed by atoms with Crippen LogP contribution in [-0.2, 0) is 0 Å². The number of benzene rings is 1. The summed E-state index contributed by atoms with van der Waals surface area (Å²) in [5.74, 6) is -1.05. The first-order chi connectivity index (χ1) is 11.5. The van der Waals surface area contributed by atoms with Crippen LogP contribution < -0.4 is 15.4 Å². The highest BCUT2D eigenvalue weighted by Crippen LogP contribution is 2.43. The molecule has 1 aromatic rings. The van der Waals surface area contributed by atoms with Gasteiger partial charge < -0.3 is 15.4 Å². The van der Waals surface area contributed by atoms with E-state index in [4.69, 9.17) is 0 Å². The summed E-state index contributed by atoms with van der Waals surface area (Å²) < 4.78 is 117. The molecule has 0 spiro atoms. The molecule has 0 saturated heterocycles. The van der Waals surface area contributed by atoms with Crippen LogP contribution in [0, 0.1) is 0 Å². The molecule has 0 aliphatic heterocycles. The van der Waals surface area contributed by atoms with Gasteiger partial charge in [0.15, 0.2) is 5.75 Å². The van der Waals surface area contributed by atoms with E-state index in [-0.39, 0.29) is 11.4 Å². The van der Waals surface area contributed by atoms with Gasteiger partial charge in [0.25, 0.3) is 0 Å². The third-order valence-electron chi connectivity index (χ3n) is 2.91. The molecule has 0 bridgehead atoms. The van der Waals surface area contributed by atoms with Crippen molar-refractivity contribution >= 4 is 27.6 Å². The highest BCUT2D eigenvalue weighted by atomic mass is 79.9. The van der Waals surface area contributed by atoms with E-state index >= 15 is 0 Å². The average Bonchev–Trinajstić information content (AvgIpc) is 2.37. The van der Waals surface area contributed by atoms with Crippen molar-refractivity contribution in [1.29, 1.82) is 0 Å². The van der Waals surface area contributed by atoms with Crippen molar-refractivity contribution in [2.75, 3.05) is 5.32 Å². The molecular formula is C12H8BrF9N2O2. The summed E-state index contributed by atoms with van der Waals surface area (Å²) >= 11 is 2.80. The van der Waals surface area contributed by atoms with E-state index in [0.29, 0.717) is 11.4 Å². The molecule has 2 N–H and O–H groups in total. The Bertz CT molecular complexity index is 656. The lowest BCUT2D eigenvalue weighted by Crippen LogP contribution is -2.66. The van der Waals surface area contributed by atoms with E-state index in [1.54, 1.807) is 0 Å². The predicted molar refractivity (Wildman–Crippen MR) is 73.5 cm³/mol. The number of hydrogen-bond acceptors (Lipinski definition) is 2. The van der Waals surface area contributed by atoms with Crippen molar-refractivity contribution in [1.82, 2.24) is 5.32 Å². The summed E-state index contributed by atoms with van der Waals surface area (Å²) in [5, 5.41) is 2.14. The highest BCUT2D eigenvalue weighted by molar-refractivity contribution is 9.10. The zero-order chi connectivity index (χ0) is 20.6. The summed E-state index contributed by atoms with van der Waals surface area (Å²) in [7, 11) is 0. The molecule has 0 aliphatic rings. The van der Waals surface area contributed by atoms with E-state index in [2.05, 4.69) is 20.7 Å². The first-order valence-corrected chi connectivity index (χ1v) is 7.03. The zero-order valence-electron chi connectivity index (χ0n) is 12.3. The van der Waals surface area contributed by atoms with Crippen LogP contribution in [0.3, 0.4) is 0 Å². The van der Waals surface area contributed by atoms with Crippen LogP contribution in [0.5, 0.6) is 5.75 Å². The second-order valence-corrected chi connectivity index (χ2v) is 5.80. The molecule has 148 valence electrons. The van der Waals surface area contributed by atoms with Crippen LogP contribution in [0.15, 0.2) is 22.7 Å². The van der Waals surface area contributed by atoms with Gasteiger partial charge in [0, 0.05) is 4.47 Å². The molecule has 0 fully saturated rings. The molecule has 2 amide bonds. The maximum Gasteiger partial charge on any atom is 0.573 e. The van der Waals surface area contributed by atoms with Crippen molar-refractivity contribution in [3.8, 4) is 5.75 Å². The predicted octanol–water partition coefficient (Wildman–Crippen LogP) is 5.35. The maximum absolute atomic E-state index is 12.7. The van der Waals surface area contributed by atoms with Gasteiger partial charge in [-0.1, -0.05) is 15.9 Å². The molecule has 0 heterocycles. The number of anilines is 1. The molecule has 14 heteroatoms.